The summed E-state index contributed by atoms with van der Waals surface area (Å²) in [5.41, 5.74) is 0.0292. The normalized spacial score (nSPS) is 20.6. The zero-order chi connectivity index (χ0) is 24.3. The molecule has 1 aromatic heterocycles. The SMILES string of the molecule is O=C(NC1CCN(c2ccc(C(F)(F)F)cn2)CC1)C(c1ccccc1)N1CCS(=O)(=O)CC1. The van der Waals surface area contributed by atoms with Gasteiger partial charge in [0.2, 0.25) is 5.91 Å². The summed E-state index contributed by atoms with van der Waals surface area (Å²) in [6.45, 7) is 1.71. The number of sulfone groups is 1. The summed E-state index contributed by atoms with van der Waals surface area (Å²) in [6.07, 6.45) is -2.32. The van der Waals surface area contributed by atoms with Crippen LogP contribution in [0.25, 0.3) is 0 Å². The first-order valence-corrected chi connectivity index (χ1v) is 13.0. The second-order valence-electron chi connectivity index (χ2n) is 8.67. The van der Waals surface area contributed by atoms with E-state index in [1.807, 2.05) is 40.1 Å². The van der Waals surface area contributed by atoms with Gasteiger partial charge >= 0.3 is 6.18 Å². The van der Waals surface area contributed by atoms with Crippen molar-refractivity contribution in [2.75, 3.05) is 42.6 Å². The fraction of sp³-hybridized carbons (Fsp3) is 0.478. The van der Waals surface area contributed by atoms with Gasteiger partial charge in [-0.15, -0.1) is 0 Å². The Morgan fingerprint density at radius 2 is 1.65 bits per heavy atom. The summed E-state index contributed by atoms with van der Waals surface area (Å²) in [7, 11) is -3.07. The van der Waals surface area contributed by atoms with Crippen LogP contribution in [0.1, 0.15) is 30.0 Å². The Labute approximate surface area is 196 Å². The zero-order valence-corrected chi connectivity index (χ0v) is 19.4. The van der Waals surface area contributed by atoms with Crippen LogP contribution in [-0.4, -0.2) is 67.9 Å². The summed E-state index contributed by atoms with van der Waals surface area (Å²) in [6, 6.07) is 11.0. The molecule has 1 unspecified atom stereocenters. The highest BCUT2D eigenvalue weighted by Crippen LogP contribution is 2.30. The lowest BCUT2D eigenvalue weighted by Crippen LogP contribution is -2.51. The van der Waals surface area contributed by atoms with Crippen molar-refractivity contribution in [3.8, 4) is 0 Å². The molecule has 2 aromatic rings. The van der Waals surface area contributed by atoms with E-state index in [0.717, 1.165) is 17.8 Å². The zero-order valence-electron chi connectivity index (χ0n) is 18.5. The first-order valence-electron chi connectivity index (χ1n) is 11.2. The van der Waals surface area contributed by atoms with Crippen LogP contribution in [-0.2, 0) is 20.8 Å². The fourth-order valence-corrected chi connectivity index (χ4v) is 5.65. The molecule has 1 atom stereocenters. The number of hydrogen-bond donors (Lipinski definition) is 1. The van der Waals surface area contributed by atoms with E-state index in [1.54, 1.807) is 0 Å². The predicted octanol–water partition coefficient (Wildman–Crippen LogP) is 2.66. The third-order valence-electron chi connectivity index (χ3n) is 6.35. The summed E-state index contributed by atoms with van der Waals surface area (Å²) in [5.74, 6) is 0.371. The number of nitrogens with zero attached hydrogens (tertiary/aromatic N) is 3. The number of halogens is 3. The number of aromatic nitrogens is 1. The Morgan fingerprint density at radius 1 is 1.00 bits per heavy atom. The summed E-state index contributed by atoms with van der Waals surface area (Å²) >= 11 is 0. The van der Waals surface area contributed by atoms with Crippen molar-refractivity contribution in [1.29, 1.82) is 0 Å². The van der Waals surface area contributed by atoms with Crippen molar-refractivity contribution in [3.05, 3.63) is 59.8 Å². The minimum absolute atomic E-state index is 0.0299. The average Bonchev–Trinajstić information content (AvgIpc) is 2.81. The summed E-state index contributed by atoms with van der Waals surface area (Å²) in [5, 5.41) is 3.11. The second-order valence-corrected chi connectivity index (χ2v) is 11.0. The van der Waals surface area contributed by atoms with E-state index < -0.39 is 27.6 Å². The van der Waals surface area contributed by atoms with E-state index in [9.17, 15) is 26.4 Å². The van der Waals surface area contributed by atoms with Gasteiger partial charge in [-0.05, 0) is 30.5 Å². The maximum Gasteiger partial charge on any atom is 0.417 e. The monoisotopic (exact) mass is 496 g/mol. The topological polar surface area (TPSA) is 82.6 Å². The van der Waals surface area contributed by atoms with E-state index in [1.165, 1.54) is 6.07 Å². The van der Waals surface area contributed by atoms with Crippen LogP contribution in [0.2, 0.25) is 0 Å². The molecule has 3 heterocycles. The molecular formula is C23H27F3N4O3S. The van der Waals surface area contributed by atoms with Gasteiger partial charge in [0.1, 0.15) is 11.9 Å². The van der Waals surface area contributed by atoms with Gasteiger partial charge in [-0.1, -0.05) is 30.3 Å². The number of benzene rings is 1. The van der Waals surface area contributed by atoms with Gasteiger partial charge < -0.3 is 10.2 Å². The lowest BCUT2D eigenvalue weighted by molar-refractivity contribution is -0.137. The number of rotatable bonds is 5. The van der Waals surface area contributed by atoms with Gasteiger partial charge in [-0.25, -0.2) is 13.4 Å². The van der Waals surface area contributed by atoms with Crippen LogP contribution >= 0.6 is 0 Å². The highest BCUT2D eigenvalue weighted by Gasteiger charge is 2.34. The molecule has 7 nitrogen and oxygen atoms in total. The maximum atomic E-state index is 13.3. The molecule has 4 rings (SSSR count). The van der Waals surface area contributed by atoms with Crippen molar-refractivity contribution < 1.29 is 26.4 Å². The number of carbonyl (C=O) groups is 1. The fourth-order valence-electron chi connectivity index (χ4n) is 4.42. The van der Waals surface area contributed by atoms with E-state index in [2.05, 4.69) is 10.3 Å². The van der Waals surface area contributed by atoms with Crippen LogP contribution in [0, 0.1) is 0 Å². The maximum absolute atomic E-state index is 13.3. The van der Waals surface area contributed by atoms with Gasteiger partial charge in [0, 0.05) is 38.4 Å². The van der Waals surface area contributed by atoms with Crippen LogP contribution in [0.3, 0.4) is 0 Å². The van der Waals surface area contributed by atoms with Crippen LogP contribution in [0.15, 0.2) is 48.7 Å². The van der Waals surface area contributed by atoms with Crippen molar-refractivity contribution in [3.63, 3.8) is 0 Å². The summed E-state index contributed by atoms with van der Waals surface area (Å²) in [4.78, 5) is 21.1. The molecule has 2 saturated heterocycles. The van der Waals surface area contributed by atoms with E-state index >= 15 is 0 Å². The van der Waals surface area contributed by atoms with Gasteiger partial charge in [0.05, 0.1) is 17.1 Å². The molecule has 1 aromatic carbocycles. The molecule has 2 aliphatic heterocycles. The number of carbonyl (C=O) groups excluding carboxylic acids is 1. The van der Waals surface area contributed by atoms with Gasteiger partial charge in [0.15, 0.2) is 9.84 Å². The number of hydrogen-bond acceptors (Lipinski definition) is 6. The van der Waals surface area contributed by atoms with Gasteiger partial charge in [-0.3, -0.25) is 9.69 Å². The molecule has 184 valence electrons. The molecule has 11 heteroatoms. The predicted molar refractivity (Wildman–Crippen MR) is 122 cm³/mol. The number of amides is 1. The van der Waals surface area contributed by atoms with Crippen molar-refractivity contribution in [2.24, 2.45) is 0 Å². The quantitative estimate of drug-likeness (QED) is 0.686. The molecular weight excluding hydrogens is 469 g/mol. The Balaban J connectivity index is 1.38. The minimum atomic E-state index is -4.42. The lowest BCUT2D eigenvalue weighted by Gasteiger charge is -2.37. The highest BCUT2D eigenvalue weighted by molar-refractivity contribution is 7.91. The Morgan fingerprint density at radius 3 is 2.21 bits per heavy atom. The lowest BCUT2D eigenvalue weighted by atomic mass is 10.0. The number of pyridine rings is 1. The molecule has 1 N–H and O–H groups in total. The smallest absolute Gasteiger partial charge is 0.356 e. The molecule has 0 saturated carbocycles. The van der Waals surface area contributed by atoms with Crippen molar-refractivity contribution >= 4 is 21.6 Å². The molecule has 0 radical (unpaired) electrons. The van der Waals surface area contributed by atoms with E-state index in [4.69, 9.17) is 0 Å². The van der Waals surface area contributed by atoms with Crippen LogP contribution in [0.4, 0.5) is 19.0 Å². The molecule has 1 amide bonds. The van der Waals surface area contributed by atoms with Crippen LogP contribution < -0.4 is 10.2 Å². The number of alkyl halides is 3. The average molecular weight is 497 g/mol. The van der Waals surface area contributed by atoms with Crippen LogP contribution in [0.5, 0.6) is 0 Å². The first kappa shape index (κ1) is 24.5. The number of piperidine rings is 1. The van der Waals surface area contributed by atoms with E-state index in [-0.39, 0.29) is 23.5 Å². The Bertz CT molecular complexity index is 1070. The largest absolute Gasteiger partial charge is 0.417 e. The Kier molecular flexibility index (Phi) is 7.13. The molecule has 0 spiro atoms. The van der Waals surface area contributed by atoms with Gasteiger partial charge in [0.25, 0.3) is 0 Å². The molecule has 2 aliphatic rings. The highest BCUT2D eigenvalue weighted by atomic mass is 32.2. The molecule has 0 bridgehead atoms. The standard InChI is InChI=1S/C23H27F3N4O3S/c24-23(25,26)18-6-7-20(27-16-18)29-10-8-19(9-11-29)28-22(31)21(17-4-2-1-3-5-17)30-12-14-34(32,33)15-13-30/h1-7,16,19,21H,8-15H2,(H,28,31). The molecule has 2 fully saturated rings. The minimum Gasteiger partial charge on any atom is -0.356 e. The Hall–Kier alpha value is -2.66. The number of anilines is 1. The third-order valence-corrected chi connectivity index (χ3v) is 7.96. The molecule has 34 heavy (non-hydrogen) atoms. The first-order chi connectivity index (χ1) is 16.1. The third kappa shape index (κ3) is 5.87. The number of nitrogens with one attached hydrogen (secondary N) is 1. The second kappa shape index (κ2) is 9.91. The van der Waals surface area contributed by atoms with Gasteiger partial charge in [-0.2, -0.15) is 13.2 Å². The molecule has 0 aliphatic carbocycles. The van der Waals surface area contributed by atoms with Crippen molar-refractivity contribution in [1.82, 2.24) is 15.2 Å². The van der Waals surface area contributed by atoms with Crippen molar-refractivity contribution in [2.45, 2.75) is 31.1 Å². The summed E-state index contributed by atoms with van der Waals surface area (Å²) < 4.78 is 62.0. The van der Waals surface area contributed by atoms with E-state index in [0.29, 0.717) is 44.8 Å².